The maximum atomic E-state index is 13.9. The van der Waals surface area contributed by atoms with Crippen LogP contribution in [0.1, 0.15) is 31.7 Å². The number of sulfonamides is 1. The number of hydrogen-bond acceptors (Lipinski definition) is 5. The molecule has 0 radical (unpaired) electrons. The number of unbranched alkanes of at least 4 members (excludes halogenated alkanes) is 1. The van der Waals surface area contributed by atoms with Crippen molar-refractivity contribution < 1.29 is 23.5 Å². The molecular weight excluding hydrogens is 501 g/mol. The minimum absolute atomic E-state index is 0.0729. The topological polar surface area (TPSA) is 131 Å². The number of fused-ring (bicyclic) bond motifs is 1. The third-order valence-corrected chi connectivity index (χ3v) is 7.55. The number of anilines is 1. The molecule has 0 aliphatic rings. The number of nitrogens with zero attached hydrogens (tertiary/aromatic N) is 1. The average molecular weight is 524 g/mol. The molecule has 11 heteroatoms. The molecule has 8 nitrogen and oxygen atoms in total. The first kappa shape index (κ1) is 25.8. The van der Waals surface area contributed by atoms with Crippen LogP contribution in [0.15, 0.2) is 59.5 Å². The molecule has 4 N–H and O–H groups in total. The van der Waals surface area contributed by atoms with Crippen LogP contribution >= 0.6 is 23.2 Å². The summed E-state index contributed by atoms with van der Waals surface area (Å²) in [7, 11) is -4.44. The summed E-state index contributed by atoms with van der Waals surface area (Å²) < 4.78 is 28.7. The Morgan fingerprint density at radius 3 is 2.29 bits per heavy atom. The summed E-state index contributed by atoms with van der Waals surface area (Å²) >= 11 is 12.1. The van der Waals surface area contributed by atoms with E-state index in [1.165, 1.54) is 24.3 Å². The van der Waals surface area contributed by atoms with Crippen LogP contribution in [0, 0.1) is 5.41 Å². The van der Waals surface area contributed by atoms with E-state index in [1.54, 1.807) is 35.8 Å². The van der Waals surface area contributed by atoms with Gasteiger partial charge in [-0.05, 0) is 36.1 Å². The summed E-state index contributed by atoms with van der Waals surface area (Å²) in [6, 6.07) is 11.9. The molecule has 1 unspecified atom stereocenters. The van der Waals surface area contributed by atoms with E-state index in [0.29, 0.717) is 29.2 Å². The molecule has 3 aromatic rings. The van der Waals surface area contributed by atoms with Crippen molar-refractivity contribution in [2.45, 2.75) is 37.1 Å². The van der Waals surface area contributed by atoms with E-state index in [1.807, 2.05) is 6.92 Å². The molecule has 0 bridgehead atoms. The molecule has 0 amide bonds. The largest absolute Gasteiger partial charge is 0.480 e. The van der Waals surface area contributed by atoms with Crippen molar-refractivity contribution in [3.8, 4) is 0 Å². The average Bonchev–Trinajstić information content (AvgIpc) is 2.79. The molecule has 0 aromatic heterocycles. The van der Waals surface area contributed by atoms with Crippen molar-refractivity contribution in [2.75, 3.05) is 4.31 Å². The molecule has 0 saturated carbocycles. The lowest BCUT2D eigenvalue weighted by molar-refractivity contribution is -0.138. The predicted molar refractivity (Wildman–Crippen MR) is 133 cm³/mol. The zero-order valence-electron chi connectivity index (χ0n) is 18.1. The smallest absolute Gasteiger partial charge is 0.327 e. The molecule has 34 heavy (non-hydrogen) atoms. The van der Waals surface area contributed by atoms with Crippen LogP contribution in [-0.4, -0.2) is 36.6 Å². The van der Waals surface area contributed by atoms with Gasteiger partial charge >= 0.3 is 5.97 Å². The summed E-state index contributed by atoms with van der Waals surface area (Å²) in [6.07, 6.45) is 1.22. The zero-order chi connectivity index (χ0) is 25.0. The van der Waals surface area contributed by atoms with Gasteiger partial charge in [0.1, 0.15) is 11.9 Å². The molecule has 0 spiro atoms. The van der Waals surface area contributed by atoms with Gasteiger partial charge in [0.05, 0.1) is 10.6 Å². The minimum Gasteiger partial charge on any atom is -0.480 e. The Kier molecular flexibility index (Phi) is 8.04. The first-order chi connectivity index (χ1) is 16.1. The lowest BCUT2D eigenvalue weighted by atomic mass is 10.0. The lowest BCUT2D eigenvalue weighted by Crippen LogP contribution is -2.45. The van der Waals surface area contributed by atoms with Crippen molar-refractivity contribution >= 4 is 61.5 Å². The van der Waals surface area contributed by atoms with Crippen LogP contribution < -0.4 is 9.79 Å². The van der Waals surface area contributed by atoms with Gasteiger partial charge in [0.15, 0.2) is 0 Å². The molecule has 3 aromatic carbocycles. The highest BCUT2D eigenvalue weighted by atomic mass is 35.5. The second-order valence-corrected chi connectivity index (χ2v) is 10.3. The number of carbonyl (C=O) groups is 1. The predicted octanol–water partition coefficient (Wildman–Crippen LogP) is 5.29. The number of halogens is 2. The number of aliphatic carboxylic acids is 1. The van der Waals surface area contributed by atoms with Gasteiger partial charge in [0.2, 0.25) is 0 Å². The van der Waals surface area contributed by atoms with Crippen LogP contribution in [0.4, 0.5) is 5.69 Å². The number of carboxylic acid groups (broad SMARTS) is 1. The van der Waals surface area contributed by atoms with Gasteiger partial charge < -0.3 is 5.11 Å². The number of rotatable bonds is 9. The quantitative estimate of drug-likeness (QED) is 0.171. The van der Waals surface area contributed by atoms with Crippen LogP contribution in [0.25, 0.3) is 10.8 Å². The van der Waals surface area contributed by atoms with E-state index in [4.69, 9.17) is 28.6 Å². The summed E-state index contributed by atoms with van der Waals surface area (Å²) in [6.45, 7) is 1.88. The normalized spacial score (nSPS) is 12.4. The van der Waals surface area contributed by atoms with E-state index in [2.05, 4.69) is 0 Å². The molecule has 180 valence electrons. The van der Waals surface area contributed by atoms with Crippen molar-refractivity contribution in [2.24, 2.45) is 0 Å². The SMILES string of the molecule is CCCCC(C(=O)O)N(c1cccc2c(C(=N)NO)cccc12)S(=O)(=O)c1cc(Cl)cc(Cl)c1. The molecule has 0 aliphatic carbocycles. The third kappa shape index (κ3) is 5.12. The van der Waals surface area contributed by atoms with Crippen molar-refractivity contribution in [3.05, 3.63) is 70.2 Å². The Morgan fingerprint density at radius 1 is 1.09 bits per heavy atom. The highest BCUT2D eigenvalue weighted by molar-refractivity contribution is 7.93. The molecule has 0 fully saturated rings. The van der Waals surface area contributed by atoms with Gasteiger partial charge in [-0.25, -0.2) is 13.2 Å². The monoisotopic (exact) mass is 523 g/mol. The number of hydroxylamine groups is 1. The van der Waals surface area contributed by atoms with E-state index >= 15 is 0 Å². The van der Waals surface area contributed by atoms with E-state index < -0.39 is 22.0 Å². The Morgan fingerprint density at radius 2 is 1.71 bits per heavy atom. The first-order valence-electron chi connectivity index (χ1n) is 10.4. The zero-order valence-corrected chi connectivity index (χ0v) is 20.5. The number of nitrogens with one attached hydrogen (secondary N) is 2. The molecule has 0 saturated heterocycles. The maximum absolute atomic E-state index is 13.9. The fraction of sp³-hybridized carbons (Fsp3) is 0.217. The Hall–Kier alpha value is -2.85. The minimum atomic E-state index is -4.44. The van der Waals surface area contributed by atoms with Crippen LogP contribution in [-0.2, 0) is 14.8 Å². The fourth-order valence-electron chi connectivity index (χ4n) is 3.76. The van der Waals surface area contributed by atoms with E-state index in [0.717, 1.165) is 4.31 Å². The maximum Gasteiger partial charge on any atom is 0.327 e. The molecule has 3 rings (SSSR count). The number of carboxylic acids is 1. The summed E-state index contributed by atoms with van der Waals surface area (Å²) in [5, 5.41) is 28.3. The Balaban J connectivity index is 2.36. The number of hydrogen-bond donors (Lipinski definition) is 4. The Bertz CT molecular complexity index is 1330. The molecule has 1 atom stereocenters. The van der Waals surface area contributed by atoms with Crippen molar-refractivity contribution in [1.82, 2.24) is 5.48 Å². The standard InChI is InChI=1S/C23H23Cl2N3O5S/c1-2-3-9-21(23(29)30)28(34(32,33)16-12-14(24)11-15(25)13-16)20-10-5-6-17-18(20)7-4-8-19(17)22(26)27-31/h4-8,10-13,21,31H,2-3,9H2,1H3,(H2,26,27)(H,29,30). The third-order valence-electron chi connectivity index (χ3n) is 5.31. The van der Waals surface area contributed by atoms with E-state index in [9.17, 15) is 23.5 Å². The van der Waals surface area contributed by atoms with E-state index in [-0.39, 0.29) is 32.9 Å². The van der Waals surface area contributed by atoms with Crippen molar-refractivity contribution in [1.29, 1.82) is 5.41 Å². The highest BCUT2D eigenvalue weighted by Gasteiger charge is 2.37. The number of amidine groups is 1. The summed E-state index contributed by atoms with van der Waals surface area (Å²) in [5.74, 6) is -1.59. The van der Waals surface area contributed by atoms with Crippen LogP contribution in [0.3, 0.4) is 0 Å². The Labute approximate surface area is 207 Å². The number of benzene rings is 3. The molecular formula is C23H23Cl2N3O5S. The fourth-order valence-corrected chi connectivity index (χ4v) is 6.14. The van der Waals surface area contributed by atoms with Gasteiger partial charge in [-0.3, -0.25) is 20.4 Å². The summed E-state index contributed by atoms with van der Waals surface area (Å²) in [5.41, 5.74) is 2.21. The summed E-state index contributed by atoms with van der Waals surface area (Å²) in [4.78, 5) is 12.1. The highest BCUT2D eigenvalue weighted by Crippen LogP contribution is 2.36. The van der Waals surface area contributed by atoms with Gasteiger partial charge in [0, 0.05) is 21.0 Å². The molecule has 0 heterocycles. The second-order valence-electron chi connectivity index (χ2n) is 7.57. The lowest BCUT2D eigenvalue weighted by Gasteiger charge is -2.31. The van der Waals surface area contributed by atoms with Gasteiger partial charge in [-0.2, -0.15) is 0 Å². The first-order valence-corrected chi connectivity index (χ1v) is 12.6. The van der Waals surface area contributed by atoms with Gasteiger partial charge in [-0.1, -0.05) is 73.3 Å². The second kappa shape index (κ2) is 10.6. The van der Waals surface area contributed by atoms with Gasteiger partial charge in [-0.15, -0.1) is 0 Å². The van der Waals surface area contributed by atoms with Crippen LogP contribution in [0.5, 0.6) is 0 Å². The molecule has 0 aliphatic heterocycles. The van der Waals surface area contributed by atoms with Crippen molar-refractivity contribution in [3.63, 3.8) is 0 Å². The van der Waals surface area contributed by atoms with Gasteiger partial charge in [0.25, 0.3) is 10.0 Å². The van der Waals surface area contributed by atoms with Crippen LogP contribution in [0.2, 0.25) is 10.0 Å².